The third-order valence-corrected chi connectivity index (χ3v) is 5.69. The molecule has 0 unspecified atom stereocenters. The first-order valence-electron chi connectivity index (χ1n) is 9.41. The number of hydrogen-bond donors (Lipinski definition) is 2. The van der Waals surface area contributed by atoms with Crippen LogP contribution in [0.1, 0.15) is 13.3 Å². The van der Waals surface area contributed by atoms with E-state index in [4.69, 9.17) is 0 Å². The van der Waals surface area contributed by atoms with Gasteiger partial charge in [-0.1, -0.05) is 42.1 Å². The fourth-order valence-electron chi connectivity index (χ4n) is 3.34. The number of carbonyl (C=O) groups excluding carboxylic acids is 2. The second kappa shape index (κ2) is 8.41. The molecule has 3 aromatic rings. The molecule has 5 nitrogen and oxygen atoms in total. The number of para-hydroxylation sites is 2. The van der Waals surface area contributed by atoms with Gasteiger partial charge in [0.2, 0.25) is 11.8 Å². The van der Waals surface area contributed by atoms with E-state index in [0.717, 1.165) is 11.4 Å². The molecule has 0 bridgehead atoms. The Bertz CT molecular complexity index is 1020. The number of fused-ring (bicyclic) bond motifs is 2. The first-order chi connectivity index (χ1) is 14.1. The van der Waals surface area contributed by atoms with Crippen molar-refractivity contribution in [3.05, 3.63) is 72.8 Å². The van der Waals surface area contributed by atoms with E-state index in [1.54, 1.807) is 30.0 Å². The maximum Gasteiger partial charge on any atom is 0.226 e. The summed E-state index contributed by atoms with van der Waals surface area (Å²) in [6.45, 7) is 2.03. The minimum atomic E-state index is -0.145. The summed E-state index contributed by atoms with van der Waals surface area (Å²) in [5.74, 6) is -0.216. The van der Waals surface area contributed by atoms with Crippen LogP contribution in [0.15, 0.2) is 82.6 Å². The number of nitrogens with one attached hydrogen (secondary N) is 2. The van der Waals surface area contributed by atoms with E-state index in [2.05, 4.69) is 39.8 Å². The molecule has 0 aliphatic carbocycles. The maximum atomic E-state index is 12.6. The number of carbonyl (C=O) groups is 2. The lowest BCUT2D eigenvalue weighted by molar-refractivity contribution is -0.116. The average molecular weight is 404 g/mol. The highest BCUT2D eigenvalue weighted by Gasteiger charge is 2.23. The number of nitrogens with zero attached hydrogens (tertiary/aromatic N) is 1. The molecule has 6 heteroatoms. The van der Waals surface area contributed by atoms with Crippen molar-refractivity contribution in [3.8, 4) is 0 Å². The van der Waals surface area contributed by atoms with E-state index in [0.29, 0.717) is 24.3 Å². The summed E-state index contributed by atoms with van der Waals surface area (Å²) < 4.78 is 0. The van der Waals surface area contributed by atoms with Crippen molar-refractivity contribution in [2.75, 3.05) is 22.1 Å². The SMILES string of the molecule is CC(=O)Nc1cccc(NC(=O)CCN2c3ccccc3Sc3ccccc32)c1. The Labute approximate surface area is 174 Å². The summed E-state index contributed by atoms with van der Waals surface area (Å²) in [5.41, 5.74) is 3.57. The first-order valence-corrected chi connectivity index (χ1v) is 10.2. The molecule has 0 saturated carbocycles. The van der Waals surface area contributed by atoms with Crippen LogP contribution < -0.4 is 15.5 Å². The van der Waals surface area contributed by atoms with Crippen LogP contribution in [-0.4, -0.2) is 18.4 Å². The molecule has 1 heterocycles. The zero-order chi connectivity index (χ0) is 20.2. The van der Waals surface area contributed by atoms with Gasteiger partial charge in [0.25, 0.3) is 0 Å². The summed E-state index contributed by atoms with van der Waals surface area (Å²) in [4.78, 5) is 28.4. The Balaban J connectivity index is 1.47. The largest absolute Gasteiger partial charge is 0.339 e. The lowest BCUT2D eigenvalue weighted by atomic mass is 10.2. The van der Waals surface area contributed by atoms with Crippen LogP contribution in [0.25, 0.3) is 0 Å². The summed E-state index contributed by atoms with van der Waals surface area (Å²) in [6.07, 6.45) is 0.345. The van der Waals surface area contributed by atoms with E-state index in [1.807, 2.05) is 30.3 Å². The van der Waals surface area contributed by atoms with Gasteiger partial charge in [-0.2, -0.15) is 0 Å². The van der Waals surface area contributed by atoms with Crippen LogP contribution in [0.2, 0.25) is 0 Å². The van der Waals surface area contributed by atoms with Gasteiger partial charge in [-0.25, -0.2) is 0 Å². The summed E-state index contributed by atoms with van der Waals surface area (Å²) in [7, 11) is 0. The maximum absolute atomic E-state index is 12.6. The Morgan fingerprint density at radius 2 is 1.41 bits per heavy atom. The molecule has 0 aromatic heterocycles. The number of hydrogen-bond acceptors (Lipinski definition) is 4. The van der Waals surface area contributed by atoms with Gasteiger partial charge in [0, 0.05) is 41.1 Å². The van der Waals surface area contributed by atoms with Crippen molar-refractivity contribution >= 4 is 46.3 Å². The molecule has 1 aliphatic rings. The molecule has 3 aromatic carbocycles. The van der Waals surface area contributed by atoms with Crippen LogP contribution in [0.4, 0.5) is 22.7 Å². The van der Waals surface area contributed by atoms with E-state index < -0.39 is 0 Å². The number of anilines is 4. The van der Waals surface area contributed by atoms with Crippen LogP contribution in [0.5, 0.6) is 0 Å². The summed E-state index contributed by atoms with van der Waals surface area (Å²) in [5, 5.41) is 5.64. The van der Waals surface area contributed by atoms with Crippen LogP contribution in [0.3, 0.4) is 0 Å². The van der Waals surface area contributed by atoms with Crippen molar-refractivity contribution in [1.82, 2.24) is 0 Å². The first kappa shape index (κ1) is 19.1. The normalized spacial score (nSPS) is 12.0. The second-order valence-corrected chi connectivity index (χ2v) is 7.83. The Hall–Kier alpha value is -3.25. The molecular weight excluding hydrogens is 382 g/mol. The van der Waals surface area contributed by atoms with Crippen molar-refractivity contribution in [2.45, 2.75) is 23.1 Å². The summed E-state index contributed by atoms with van der Waals surface area (Å²) >= 11 is 1.75. The van der Waals surface area contributed by atoms with Gasteiger partial charge in [-0.05, 0) is 42.5 Å². The van der Waals surface area contributed by atoms with E-state index in [9.17, 15) is 9.59 Å². The van der Waals surface area contributed by atoms with E-state index >= 15 is 0 Å². The van der Waals surface area contributed by atoms with Crippen LogP contribution in [-0.2, 0) is 9.59 Å². The zero-order valence-corrected chi connectivity index (χ0v) is 16.8. The molecule has 0 saturated heterocycles. The molecule has 0 fully saturated rings. The van der Waals surface area contributed by atoms with Crippen molar-refractivity contribution in [2.24, 2.45) is 0 Å². The molecular formula is C23H21N3O2S. The van der Waals surface area contributed by atoms with Crippen LogP contribution in [0, 0.1) is 0 Å². The molecule has 2 amide bonds. The van der Waals surface area contributed by atoms with Gasteiger partial charge in [0.05, 0.1) is 11.4 Å². The smallest absolute Gasteiger partial charge is 0.226 e. The van der Waals surface area contributed by atoms with Crippen LogP contribution >= 0.6 is 11.8 Å². The molecule has 1 aliphatic heterocycles. The molecule has 2 N–H and O–H groups in total. The monoisotopic (exact) mass is 403 g/mol. The van der Waals surface area contributed by atoms with Gasteiger partial charge >= 0.3 is 0 Å². The number of benzene rings is 3. The van der Waals surface area contributed by atoms with Crippen molar-refractivity contribution in [1.29, 1.82) is 0 Å². The molecule has 0 atom stereocenters. The van der Waals surface area contributed by atoms with Crippen molar-refractivity contribution in [3.63, 3.8) is 0 Å². The molecule has 0 spiro atoms. The zero-order valence-electron chi connectivity index (χ0n) is 16.0. The molecule has 4 rings (SSSR count). The predicted molar refractivity (Wildman–Crippen MR) is 118 cm³/mol. The van der Waals surface area contributed by atoms with E-state index in [1.165, 1.54) is 16.7 Å². The van der Waals surface area contributed by atoms with Gasteiger partial charge in [0.15, 0.2) is 0 Å². The van der Waals surface area contributed by atoms with Gasteiger partial charge in [-0.3, -0.25) is 9.59 Å². The minimum absolute atomic E-state index is 0.0711. The lowest BCUT2D eigenvalue weighted by Gasteiger charge is -2.32. The van der Waals surface area contributed by atoms with Gasteiger partial charge in [0.1, 0.15) is 0 Å². The van der Waals surface area contributed by atoms with Crippen molar-refractivity contribution < 1.29 is 9.59 Å². The molecule has 146 valence electrons. The lowest BCUT2D eigenvalue weighted by Crippen LogP contribution is -2.25. The third-order valence-electron chi connectivity index (χ3n) is 4.56. The molecule has 0 radical (unpaired) electrons. The highest BCUT2D eigenvalue weighted by molar-refractivity contribution is 7.99. The number of amides is 2. The highest BCUT2D eigenvalue weighted by atomic mass is 32.2. The van der Waals surface area contributed by atoms with E-state index in [-0.39, 0.29) is 11.8 Å². The fourth-order valence-corrected chi connectivity index (χ4v) is 4.43. The standard InChI is InChI=1S/C23H21N3O2S/c1-16(27)24-17-7-6-8-18(15-17)25-23(28)13-14-26-19-9-2-4-11-21(19)29-22-12-5-3-10-20(22)26/h2-12,15H,13-14H2,1H3,(H,24,27)(H,25,28). The predicted octanol–water partition coefficient (Wildman–Crippen LogP) is 5.28. The Kier molecular flexibility index (Phi) is 5.53. The minimum Gasteiger partial charge on any atom is -0.339 e. The average Bonchev–Trinajstić information content (AvgIpc) is 2.71. The summed E-state index contributed by atoms with van der Waals surface area (Å²) in [6, 6.07) is 23.7. The van der Waals surface area contributed by atoms with Gasteiger partial charge in [-0.15, -0.1) is 0 Å². The van der Waals surface area contributed by atoms with Gasteiger partial charge < -0.3 is 15.5 Å². The number of rotatable bonds is 5. The highest BCUT2D eigenvalue weighted by Crippen LogP contribution is 2.47. The fraction of sp³-hybridized carbons (Fsp3) is 0.130. The quantitative estimate of drug-likeness (QED) is 0.609. The Morgan fingerprint density at radius 3 is 2.03 bits per heavy atom. The third kappa shape index (κ3) is 4.43. The Morgan fingerprint density at radius 1 is 0.828 bits per heavy atom. The molecule has 29 heavy (non-hydrogen) atoms. The topological polar surface area (TPSA) is 61.4 Å². The second-order valence-electron chi connectivity index (χ2n) is 6.75.